The Bertz CT molecular complexity index is 562. The number of carbonyl (C=O) groups excluding carboxylic acids is 1. The first-order chi connectivity index (χ1) is 9.88. The second-order valence-corrected chi connectivity index (χ2v) is 5.61. The summed E-state index contributed by atoms with van der Waals surface area (Å²) in [5.74, 6) is -0.910. The van der Waals surface area contributed by atoms with Crippen LogP contribution in [-0.4, -0.2) is 23.1 Å². The zero-order chi connectivity index (χ0) is 15.6. The van der Waals surface area contributed by atoms with Crippen molar-refractivity contribution < 1.29 is 19.1 Å². The smallest absolute Gasteiger partial charge is 0.337 e. The number of anilines is 1. The van der Waals surface area contributed by atoms with E-state index in [2.05, 4.69) is 24.5 Å². The van der Waals surface area contributed by atoms with Gasteiger partial charge < -0.3 is 15.7 Å². The second-order valence-electron chi connectivity index (χ2n) is 5.61. The molecule has 0 bridgehead atoms. The third-order valence-corrected chi connectivity index (χ3v) is 4.24. The predicted molar refractivity (Wildman–Crippen MR) is 76.9 cm³/mol. The Kier molecular flexibility index (Phi) is 4.45. The molecule has 6 heteroatoms. The Morgan fingerprint density at radius 1 is 1.29 bits per heavy atom. The number of hydrogen-bond acceptors (Lipinski definition) is 2. The van der Waals surface area contributed by atoms with Crippen LogP contribution < -0.4 is 10.6 Å². The van der Waals surface area contributed by atoms with Crippen molar-refractivity contribution in [3.63, 3.8) is 0 Å². The van der Waals surface area contributed by atoms with Crippen molar-refractivity contribution in [1.29, 1.82) is 0 Å². The molecule has 114 valence electrons. The van der Waals surface area contributed by atoms with Gasteiger partial charge in [0.25, 0.3) is 0 Å². The van der Waals surface area contributed by atoms with Crippen LogP contribution in [0.5, 0.6) is 0 Å². The van der Waals surface area contributed by atoms with Crippen molar-refractivity contribution in [2.75, 3.05) is 5.32 Å². The number of carboxylic acid groups (broad SMARTS) is 1. The summed E-state index contributed by atoms with van der Waals surface area (Å²) in [6.45, 7) is 4.22. The molecule has 3 atom stereocenters. The number of urea groups is 1. The lowest BCUT2D eigenvalue weighted by Gasteiger charge is -2.20. The fourth-order valence-corrected chi connectivity index (χ4v) is 2.70. The molecule has 3 unspecified atom stereocenters. The minimum Gasteiger partial charge on any atom is -0.478 e. The largest absolute Gasteiger partial charge is 0.478 e. The third-order valence-electron chi connectivity index (χ3n) is 4.24. The van der Waals surface area contributed by atoms with E-state index >= 15 is 0 Å². The van der Waals surface area contributed by atoms with Crippen molar-refractivity contribution in [2.45, 2.75) is 32.7 Å². The Balaban J connectivity index is 2.06. The van der Waals surface area contributed by atoms with Gasteiger partial charge in [0.15, 0.2) is 0 Å². The van der Waals surface area contributed by atoms with Gasteiger partial charge in [-0.25, -0.2) is 14.0 Å². The molecule has 0 radical (unpaired) electrons. The SMILES string of the molecule is CC1CCC(NC(=O)Nc2cc(F)ccc2C(=O)O)C1C. The normalized spacial score (nSPS) is 24.6. The second kappa shape index (κ2) is 6.11. The van der Waals surface area contributed by atoms with Crippen LogP contribution in [0.15, 0.2) is 18.2 Å². The van der Waals surface area contributed by atoms with Gasteiger partial charge in [-0.3, -0.25) is 0 Å². The van der Waals surface area contributed by atoms with E-state index < -0.39 is 17.8 Å². The molecule has 2 amide bonds. The molecule has 0 heterocycles. The van der Waals surface area contributed by atoms with Crippen LogP contribution in [0, 0.1) is 17.7 Å². The third kappa shape index (κ3) is 3.51. The van der Waals surface area contributed by atoms with Gasteiger partial charge in [0.05, 0.1) is 11.3 Å². The molecular weight excluding hydrogens is 275 g/mol. The van der Waals surface area contributed by atoms with E-state index in [1.54, 1.807) is 0 Å². The van der Waals surface area contributed by atoms with E-state index in [1.165, 1.54) is 0 Å². The quantitative estimate of drug-likeness (QED) is 0.801. The number of carboxylic acids is 1. The van der Waals surface area contributed by atoms with Crippen LogP contribution in [0.25, 0.3) is 0 Å². The maximum atomic E-state index is 13.2. The summed E-state index contributed by atoms with van der Waals surface area (Å²) in [5.41, 5.74) is -0.182. The van der Waals surface area contributed by atoms with Crippen LogP contribution >= 0.6 is 0 Å². The molecule has 3 N–H and O–H groups in total. The lowest BCUT2D eigenvalue weighted by molar-refractivity contribution is 0.0698. The summed E-state index contributed by atoms with van der Waals surface area (Å²) < 4.78 is 13.2. The van der Waals surface area contributed by atoms with Crippen molar-refractivity contribution in [2.24, 2.45) is 11.8 Å². The van der Waals surface area contributed by atoms with Gasteiger partial charge in [0, 0.05) is 6.04 Å². The molecule has 1 aromatic rings. The van der Waals surface area contributed by atoms with Crippen molar-refractivity contribution in [3.05, 3.63) is 29.6 Å². The molecule has 21 heavy (non-hydrogen) atoms. The van der Waals surface area contributed by atoms with E-state index in [0.29, 0.717) is 11.8 Å². The minimum atomic E-state index is -1.21. The Hall–Kier alpha value is -2.11. The van der Waals surface area contributed by atoms with Gasteiger partial charge >= 0.3 is 12.0 Å². The molecule has 0 aliphatic heterocycles. The summed E-state index contributed by atoms with van der Waals surface area (Å²) in [5, 5.41) is 14.3. The molecule has 1 aliphatic carbocycles. The van der Waals surface area contributed by atoms with E-state index in [0.717, 1.165) is 31.0 Å². The summed E-state index contributed by atoms with van der Waals surface area (Å²) in [4.78, 5) is 23.0. The van der Waals surface area contributed by atoms with Crippen molar-refractivity contribution in [1.82, 2.24) is 5.32 Å². The average molecular weight is 294 g/mol. The van der Waals surface area contributed by atoms with Gasteiger partial charge in [-0.05, 0) is 42.9 Å². The molecule has 1 aromatic carbocycles. The Morgan fingerprint density at radius 2 is 2.00 bits per heavy atom. The maximum absolute atomic E-state index is 13.2. The van der Waals surface area contributed by atoms with Gasteiger partial charge in [0.1, 0.15) is 5.82 Å². The highest BCUT2D eigenvalue weighted by Gasteiger charge is 2.30. The van der Waals surface area contributed by atoms with Crippen LogP contribution in [0.1, 0.15) is 37.0 Å². The minimum absolute atomic E-state index is 0.0429. The number of nitrogens with one attached hydrogen (secondary N) is 2. The highest BCUT2D eigenvalue weighted by molar-refractivity contribution is 6.00. The van der Waals surface area contributed by atoms with E-state index in [4.69, 9.17) is 5.11 Å². The van der Waals surface area contributed by atoms with Crippen LogP contribution in [0.2, 0.25) is 0 Å². The first kappa shape index (κ1) is 15.3. The van der Waals surface area contributed by atoms with Crippen LogP contribution in [0.4, 0.5) is 14.9 Å². The van der Waals surface area contributed by atoms with Gasteiger partial charge in [-0.1, -0.05) is 13.8 Å². The molecule has 0 aromatic heterocycles. The van der Waals surface area contributed by atoms with E-state index in [1.807, 2.05) is 0 Å². The van der Waals surface area contributed by atoms with E-state index in [-0.39, 0.29) is 17.3 Å². The lowest BCUT2D eigenvalue weighted by Crippen LogP contribution is -2.40. The van der Waals surface area contributed by atoms with Gasteiger partial charge in [0.2, 0.25) is 0 Å². The standard InChI is InChI=1S/C15H19FN2O3/c1-8-3-6-12(9(8)2)17-15(21)18-13-7-10(16)4-5-11(13)14(19)20/h4-5,7-9,12H,3,6H2,1-2H3,(H,19,20)(H2,17,18,21). The zero-order valence-corrected chi connectivity index (χ0v) is 12.0. The van der Waals surface area contributed by atoms with Gasteiger partial charge in [-0.15, -0.1) is 0 Å². The molecule has 0 saturated heterocycles. The van der Waals surface area contributed by atoms with Crippen LogP contribution in [-0.2, 0) is 0 Å². The van der Waals surface area contributed by atoms with Crippen molar-refractivity contribution >= 4 is 17.7 Å². The van der Waals surface area contributed by atoms with E-state index in [9.17, 15) is 14.0 Å². The van der Waals surface area contributed by atoms with Crippen LogP contribution in [0.3, 0.4) is 0 Å². The molecule has 0 spiro atoms. The summed E-state index contributed by atoms with van der Waals surface area (Å²) >= 11 is 0. The molecule has 1 aliphatic rings. The fraction of sp³-hybridized carbons (Fsp3) is 0.467. The number of benzene rings is 1. The first-order valence-electron chi connectivity index (χ1n) is 6.99. The number of carbonyl (C=O) groups is 2. The topological polar surface area (TPSA) is 78.4 Å². The summed E-state index contributed by atoms with van der Waals surface area (Å²) in [6.07, 6.45) is 1.94. The highest BCUT2D eigenvalue weighted by Crippen LogP contribution is 2.31. The number of hydrogen-bond donors (Lipinski definition) is 3. The molecule has 1 saturated carbocycles. The number of rotatable bonds is 3. The molecule has 1 fully saturated rings. The highest BCUT2D eigenvalue weighted by atomic mass is 19.1. The summed E-state index contributed by atoms with van der Waals surface area (Å²) in [7, 11) is 0. The number of halogens is 1. The maximum Gasteiger partial charge on any atom is 0.337 e. The monoisotopic (exact) mass is 294 g/mol. The van der Waals surface area contributed by atoms with Gasteiger partial charge in [-0.2, -0.15) is 0 Å². The molecule has 5 nitrogen and oxygen atoms in total. The lowest BCUT2D eigenvalue weighted by atomic mass is 9.98. The number of aromatic carboxylic acids is 1. The zero-order valence-electron chi connectivity index (χ0n) is 12.0. The number of amides is 2. The molecular formula is C15H19FN2O3. The van der Waals surface area contributed by atoms with Crippen molar-refractivity contribution in [3.8, 4) is 0 Å². The summed E-state index contributed by atoms with van der Waals surface area (Å²) in [6, 6.07) is 2.74. The fourth-order valence-electron chi connectivity index (χ4n) is 2.70. The Labute approximate surface area is 122 Å². The average Bonchev–Trinajstić information content (AvgIpc) is 2.70. The predicted octanol–water partition coefficient (Wildman–Crippen LogP) is 3.08. The Morgan fingerprint density at radius 3 is 2.57 bits per heavy atom. The first-order valence-corrected chi connectivity index (χ1v) is 6.99. The molecule has 2 rings (SSSR count).